The maximum Gasteiger partial charge on any atom is 0.287 e. The summed E-state index contributed by atoms with van der Waals surface area (Å²) in [6, 6.07) is 6.04. The van der Waals surface area contributed by atoms with Gasteiger partial charge in [0.05, 0.1) is 4.92 Å². The molecule has 5 heteroatoms. The Morgan fingerprint density at radius 2 is 2.24 bits per heavy atom. The van der Waals surface area contributed by atoms with E-state index in [-0.39, 0.29) is 29.4 Å². The van der Waals surface area contributed by atoms with Gasteiger partial charge in [0.1, 0.15) is 17.4 Å². The molecular weight excluding hydrogens is 220 g/mol. The van der Waals surface area contributed by atoms with Gasteiger partial charge in [-0.2, -0.15) is 5.26 Å². The van der Waals surface area contributed by atoms with Gasteiger partial charge in [-0.3, -0.25) is 14.9 Å². The van der Waals surface area contributed by atoms with E-state index in [0.717, 1.165) is 12.8 Å². The van der Waals surface area contributed by atoms with Gasteiger partial charge in [-0.1, -0.05) is 6.07 Å². The standard InChI is InChI=1S/C12H10N2O3/c13-7-10-5-8(1-4-11(10)14(16)17)6-12(15)9-2-3-9/h1,4-5,9H,2-3,6H2. The fraction of sp³-hybridized carbons (Fsp3) is 0.333. The predicted molar refractivity (Wildman–Crippen MR) is 59.2 cm³/mol. The molecule has 0 unspecified atom stereocenters. The monoisotopic (exact) mass is 230 g/mol. The maximum atomic E-state index is 11.6. The summed E-state index contributed by atoms with van der Waals surface area (Å²) in [5.74, 6) is 0.318. The molecule has 0 bridgehead atoms. The number of nitro benzene ring substituents is 1. The van der Waals surface area contributed by atoms with E-state index < -0.39 is 4.92 Å². The first-order valence-corrected chi connectivity index (χ1v) is 5.32. The molecule has 86 valence electrons. The quantitative estimate of drug-likeness (QED) is 0.584. The van der Waals surface area contributed by atoms with Gasteiger partial charge in [-0.25, -0.2) is 0 Å². The van der Waals surface area contributed by atoms with E-state index in [2.05, 4.69) is 0 Å². The van der Waals surface area contributed by atoms with E-state index in [1.165, 1.54) is 12.1 Å². The van der Waals surface area contributed by atoms with Crippen LogP contribution in [0.1, 0.15) is 24.0 Å². The lowest BCUT2D eigenvalue weighted by Gasteiger charge is -2.01. The van der Waals surface area contributed by atoms with E-state index in [1.54, 1.807) is 12.1 Å². The summed E-state index contributed by atoms with van der Waals surface area (Å²) >= 11 is 0. The summed E-state index contributed by atoms with van der Waals surface area (Å²) in [4.78, 5) is 21.6. The van der Waals surface area contributed by atoms with E-state index in [9.17, 15) is 14.9 Å². The summed E-state index contributed by atoms with van der Waals surface area (Å²) in [7, 11) is 0. The second-order valence-corrected chi connectivity index (χ2v) is 4.14. The number of benzene rings is 1. The third kappa shape index (κ3) is 2.48. The highest BCUT2D eigenvalue weighted by Crippen LogP contribution is 2.31. The normalized spacial score (nSPS) is 14.1. The van der Waals surface area contributed by atoms with E-state index >= 15 is 0 Å². The van der Waals surface area contributed by atoms with Crippen molar-refractivity contribution in [3.8, 4) is 6.07 Å². The number of rotatable bonds is 4. The molecule has 1 saturated carbocycles. The Morgan fingerprint density at radius 3 is 2.76 bits per heavy atom. The molecule has 1 aliphatic rings. The van der Waals surface area contributed by atoms with Crippen LogP contribution in [0.2, 0.25) is 0 Å². The number of Topliss-reactive ketones (excluding diaryl/α,β-unsaturated/α-hetero) is 1. The van der Waals surface area contributed by atoms with E-state index in [1.807, 2.05) is 0 Å². The molecule has 0 saturated heterocycles. The Morgan fingerprint density at radius 1 is 1.53 bits per heavy atom. The molecule has 1 fully saturated rings. The van der Waals surface area contributed by atoms with Crippen LogP contribution in [-0.2, 0) is 11.2 Å². The third-order valence-electron chi connectivity index (χ3n) is 2.79. The summed E-state index contributed by atoms with van der Waals surface area (Å²) in [5, 5.41) is 19.4. The number of carbonyl (C=O) groups is 1. The number of ketones is 1. The predicted octanol–water partition coefficient (Wildman–Crippen LogP) is 1.99. The second kappa shape index (κ2) is 4.34. The smallest absolute Gasteiger partial charge is 0.287 e. The van der Waals surface area contributed by atoms with E-state index in [4.69, 9.17) is 5.26 Å². The zero-order chi connectivity index (χ0) is 12.4. The van der Waals surface area contributed by atoms with Crippen LogP contribution in [0, 0.1) is 27.4 Å². The molecule has 0 aliphatic heterocycles. The second-order valence-electron chi connectivity index (χ2n) is 4.14. The van der Waals surface area contributed by atoms with Crippen molar-refractivity contribution in [1.82, 2.24) is 0 Å². The third-order valence-corrected chi connectivity index (χ3v) is 2.79. The van der Waals surface area contributed by atoms with Gasteiger partial charge in [-0.15, -0.1) is 0 Å². The van der Waals surface area contributed by atoms with Crippen LogP contribution in [0.5, 0.6) is 0 Å². The van der Waals surface area contributed by atoms with Crippen molar-refractivity contribution in [3.05, 3.63) is 39.4 Å². The number of hydrogen-bond acceptors (Lipinski definition) is 4. The van der Waals surface area contributed by atoms with Gasteiger partial charge in [0.15, 0.2) is 0 Å². The molecule has 0 heterocycles. The van der Waals surface area contributed by atoms with Gasteiger partial charge in [0.25, 0.3) is 5.69 Å². The molecule has 17 heavy (non-hydrogen) atoms. The number of nitro groups is 1. The topological polar surface area (TPSA) is 84.0 Å². The minimum atomic E-state index is -0.592. The first kappa shape index (κ1) is 11.3. The maximum absolute atomic E-state index is 11.6. The van der Waals surface area contributed by atoms with Gasteiger partial charge < -0.3 is 0 Å². The van der Waals surface area contributed by atoms with Crippen LogP contribution in [-0.4, -0.2) is 10.7 Å². The fourth-order valence-corrected chi connectivity index (χ4v) is 1.69. The van der Waals surface area contributed by atoms with Crippen LogP contribution in [0.15, 0.2) is 18.2 Å². The Balaban J connectivity index is 2.22. The summed E-state index contributed by atoms with van der Waals surface area (Å²) < 4.78 is 0. The van der Waals surface area contributed by atoms with Gasteiger partial charge in [0.2, 0.25) is 0 Å². The average Bonchev–Trinajstić information content (AvgIpc) is 3.12. The van der Waals surface area contributed by atoms with Crippen molar-refractivity contribution in [1.29, 1.82) is 5.26 Å². The molecule has 0 N–H and O–H groups in total. The lowest BCUT2D eigenvalue weighted by Crippen LogP contribution is -2.05. The van der Waals surface area contributed by atoms with Crippen molar-refractivity contribution >= 4 is 11.5 Å². The molecule has 0 atom stereocenters. The molecule has 1 aromatic rings. The minimum Gasteiger partial charge on any atom is -0.299 e. The Hall–Kier alpha value is -2.22. The fourth-order valence-electron chi connectivity index (χ4n) is 1.69. The molecule has 1 aliphatic carbocycles. The Labute approximate surface area is 97.8 Å². The molecule has 0 radical (unpaired) electrons. The van der Waals surface area contributed by atoms with Gasteiger partial charge in [0, 0.05) is 18.4 Å². The average molecular weight is 230 g/mol. The summed E-state index contributed by atoms with van der Waals surface area (Å²) in [6.45, 7) is 0. The van der Waals surface area contributed by atoms with Crippen molar-refractivity contribution in [3.63, 3.8) is 0 Å². The first-order valence-electron chi connectivity index (χ1n) is 5.32. The van der Waals surface area contributed by atoms with Gasteiger partial charge in [-0.05, 0) is 24.5 Å². The minimum absolute atomic E-state index is 0.0103. The SMILES string of the molecule is N#Cc1cc(CC(=O)C2CC2)ccc1[N+](=O)[O-]. The van der Waals surface area contributed by atoms with Gasteiger partial charge >= 0.3 is 0 Å². The molecule has 0 spiro atoms. The van der Waals surface area contributed by atoms with Crippen LogP contribution >= 0.6 is 0 Å². The molecular formula is C12H10N2O3. The number of nitriles is 1. The number of carbonyl (C=O) groups excluding carboxylic acids is 1. The van der Waals surface area contributed by atoms with Crippen LogP contribution < -0.4 is 0 Å². The van der Waals surface area contributed by atoms with Crippen molar-refractivity contribution in [2.45, 2.75) is 19.3 Å². The van der Waals surface area contributed by atoms with Crippen molar-refractivity contribution < 1.29 is 9.72 Å². The highest BCUT2D eigenvalue weighted by Gasteiger charge is 2.29. The lowest BCUT2D eigenvalue weighted by atomic mass is 10.0. The van der Waals surface area contributed by atoms with E-state index in [0.29, 0.717) is 5.56 Å². The number of hydrogen-bond donors (Lipinski definition) is 0. The van der Waals surface area contributed by atoms with Crippen molar-refractivity contribution in [2.24, 2.45) is 5.92 Å². The molecule has 2 rings (SSSR count). The zero-order valence-corrected chi connectivity index (χ0v) is 9.05. The molecule has 0 aromatic heterocycles. The lowest BCUT2D eigenvalue weighted by molar-refractivity contribution is -0.385. The van der Waals surface area contributed by atoms with Crippen LogP contribution in [0.4, 0.5) is 5.69 Å². The molecule has 0 amide bonds. The highest BCUT2D eigenvalue weighted by atomic mass is 16.6. The highest BCUT2D eigenvalue weighted by molar-refractivity contribution is 5.85. The Kier molecular flexibility index (Phi) is 2.88. The summed E-state index contributed by atoms with van der Waals surface area (Å²) in [5.41, 5.74) is 0.468. The number of nitrogens with zero attached hydrogens (tertiary/aromatic N) is 2. The Bertz CT molecular complexity index is 527. The van der Waals surface area contributed by atoms with Crippen LogP contribution in [0.25, 0.3) is 0 Å². The summed E-state index contributed by atoms with van der Waals surface area (Å²) in [6.07, 6.45) is 2.14. The molecule has 1 aromatic carbocycles. The first-order chi connectivity index (χ1) is 8.11. The molecule has 5 nitrogen and oxygen atoms in total. The zero-order valence-electron chi connectivity index (χ0n) is 9.05. The van der Waals surface area contributed by atoms with Crippen LogP contribution in [0.3, 0.4) is 0 Å². The largest absolute Gasteiger partial charge is 0.299 e. The van der Waals surface area contributed by atoms with Crippen molar-refractivity contribution in [2.75, 3.05) is 0 Å².